The van der Waals surface area contributed by atoms with Gasteiger partial charge in [-0.05, 0) is 59.4 Å². The average Bonchev–Trinajstić information content (AvgIpc) is 3.41. The van der Waals surface area contributed by atoms with Crippen LogP contribution in [0.15, 0.2) is 48.5 Å². The van der Waals surface area contributed by atoms with Gasteiger partial charge in [-0.3, -0.25) is 9.59 Å². The lowest BCUT2D eigenvalue weighted by Gasteiger charge is -2.24. The van der Waals surface area contributed by atoms with Crippen molar-refractivity contribution in [1.29, 1.82) is 0 Å². The van der Waals surface area contributed by atoms with Crippen LogP contribution in [0, 0.1) is 5.92 Å². The Morgan fingerprint density at radius 3 is 2.34 bits per heavy atom. The fraction of sp³-hybridized carbons (Fsp3) is 0.444. The number of fused-ring (bicyclic) bond motifs is 3. The number of ether oxygens (including phenoxy) is 1. The summed E-state index contributed by atoms with van der Waals surface area (Å²) in [6.07, 6.45) is 4.26. The monoisotopic (exact) mass is 496 g/mol. The molecule has 186 valence electrons. The summed E-state index contributed by atoms with van der Waals surface area (Å²) in [5.74, 6) is -0.569. The summed E-state index contributed by atoms with van der Waals surface area (Å²) >= 11 is 1.59. The van der Waals surface area contributed by atoms with Crippen molar-refractivity contribution in [2.24, 2.45) is 5.92 Å². The van der Waals surface area contributed by atoms with Crippen molar-refractivity contribution in [3.63, 3.8) is 0 Å². The molecule has 2 aliphatic carbocycles. The molecular weight excluding hydrogens is 464 g/mol. The molecule has 4 rings (SSSR count). The number of aliphatic carboxylic acids is 1. The minimum Gasteiger partial charge on any atom is -0.481 e. The van der Waals surface area contributed by atoms with Gasteiger partial charge in [0.1, 0.15) is 12.6 Å². The number of hydrogen-bond acceptors (Lipinski definition) is 5. The summed E-state index contributed by atoms with van der Waals surface area (Å²) in [5.41, 5.74) is 4.57. The molecule has 0 aliphatic heterocycles. The van der Waals surface area contributed by atoms with Gasteiger partial charge in [0.05, 0.1) is 6.42 Å². The molecule has 1 saturated carbocycles. The Hall–Kier alpha value is -3.00. The standard InChI is InChI=1S/C27H32N2O5S/c1-35-14-13-24(26(32)28-23-12-6-7-17(23)15-25(30)31)29-27(33)34-16-22-20-10-4-2-8-18(20)19-9-3-5-11-21(19)22/h2-5,8-11,17,22-24H,6-7,12-16H2,1H3,(H,28,32)(H,29,33)(H,30,31). The summed E-state index contributed by atoms with van der Waals surface area (Å²) in [4.78, 5) is 36.9. The highest BCUT2D eigenvalue weighted by molar-refractivity contribution is 7.98. The fourth-order valence-corrected chi connectivity index (χ4v) is 5.74. The third-order valence-electron chi connectivity index (χ3n) is 6.99. The molecule has 0 radical (unpaired) electrons. The van der Waals surface area contributed by atoms with Gasteiger partial charge in [-0.15, -0.1) is 0 Å². The second kappa shape index (κ2) is 11.6. The molecule has 0 aromatic heterocycles. The van der Waals surface area contributed by atoms with Crippen LogP contribution in [0.4, 0.5) is 4.79 Å². The minimum absolute atomic E-state index is 0.0419. The van der Waals surface area contributed by atoms with E-state index in [1.54, 1.807) is 11.8 Å². The topological polar surface area (TPSA) is 105 Å². The van der Waals surface area contributed by atoms with Crippen molar-refractivity contribution in [2.75, 3.05) is 18.6 Å². The van der Waals surface area contributed by atoms with Crippen LogP contribution < -0.4 is 10.6 Å². The van der Waals surface area contributed by atoms with Crippen LogP contribution in [0.3, 0.4) is 0 Å². The molecule has 2 aromatic carbocycles. The normalized spacial score (nSPS) is 19.5. The molecule has 8 heteroatoms. The number of nitrogens with one attached hydrogen (secondary N) is 2. The minimum atomic E-state index is -0.855. The smallest absolute Gasteiger partial charge is 0.407 e. The first kappa shape index (κ1) is 25.1. The summed E-state index contributed by atoms with van der Waals surface area (Å²) < 4.78 is 5.63. The van der Waals surface area contributed by atoms with Gasteiger partial charge >= 0.3 is 12.1 Å². The maximum atomic E-state index is 13.0. The molecule has 0 bridgehead atoms. The summed E-state index contributed by atoms with van der Waals surface area (Å²) in [6.45, 7) is 0.181. The maximum Gasteiger partial charge on any atom is 0.407 e. The van der Waals surface area contributed by atoms with Gasteiger partial charge in [0.15, 0.2) is 0 Å². The molecule has 1 fully saturated rings. The van der Waals surface area contributed by atoms with Crippen LogP contribution in [-0.2, 0) is 14.3 Å². The van der Waals surface area contributed by atoms with Crippen molar-refractivity contribution in [2.45, 2.75) is 50.1 Å². The molecule has 0 heterocycles. The van der Waals surface area contributed by atoms with E-state index in [1.807, 2.05) is 30.5 Å². The Morgan fingerprint density at radius 2 is 1.71 bits per heavy atom. The number of rotatable bonds is 10. The van der Waals surface area contributed by atoms with Gasteiger partial charge in [-0.1, -0.05) is 55.0 Å². The lowest BCUT2D eigenvalue weighted by molar-refractivity contribution is -0.138. The molecule has 0 saturated heterocycles. The van der Waals surface area contributed by atoms with Gasteiger partial charge in [0, 0.05) is 12.0 Å². The first-order chi connectivity index (χ1) is 17.0. The largest absolute Gasteiger partial charge is 0.481 e. The zero-order valence-electron chi connectivity index (χ0n) is 19.9. The molecule has 2 amide bonds. The highest BCUT2D eigenvalue weighted by Gasteiger charge is 2.33. The predicted octanol–water partition coefficient (Wildman–Crippen LogP) is 4.41. The van der Waals surface area contributed by atoms with E-state index in [1.165, 1.54) is 0 Å². The number of hydrogen-bond donors (Lipinski definition) is 3. The number of alkyl carbamates (subject to hydrolysis) is 1. The number of carboxylic acid groups (broad SMARTS) is 1. The average molecular weight is 497 g/mol. The van der Waals surface area contributed by atoms with Crippen LogP contribution in [0.2, 0.25) is 0 Å². The summed E-state index contributed by atoms with van der Waals surface area (Å²) in [6, 6.07) is 15.4. The van der Waals surface area contributed by atoms with Crippen molar-refractivity contribution < 1.29 is 24.2 Å². The Morgan fingerprint density at radius 1 is 1.06 bits per heavy atom. The van der Waals surface area contributed by atoms with E-state index in [4.69, 9.17) is 9.84 Å². The number of amides is 2. The first-order valence-electron chi connectivity index (χ1n) is 12.1. The number of carbonyl (C=O) groups is 3. The van der Waals surface area contributed by atoms with Crippen LogP contribution in [0.5, 0.6) is 0 Å². The number of carbonyl (C=O) groups excluding carboxylic acids is 2. The van der Waals surface area contributed by atoms with Gasteiger partial charge < -0.3 is 20.5 Å². The predicted molar refractivity (Wildman–Crippen MR) is 137 cm³/mol. The van der Waals surface area contributed by atoms with Crippen LogP contribution in [-0.4, -0.2) is 53.8 Å². The van der Waals surface area contributed by atoms with Gasteiger partial charge in [0.2, 0.25) is 5.91 Å². The highest BCUT2D eigenvalue weighted by atomic mass is 32.2. The number of benzene rings is 2. The molecule has 3 atom stereocenters. The van der Waals surface area contributed by atoms with Crippen LogP contribution in [0.1, 0.15) is 49.1 Å². The van der Waals surface area contributed by atoms with E-state index in [-0.39, 0.29) is 36.8 Å². The van der Waals surface area contributed by atoms with Crippen molar-refractivity contribution in [3.8, 4) is 11.1 Å². The van der Waals surface area contributed by atoms with E-state index in [0.717, 1.165) is 41.5 Å². The Bertz CT molecular complexity index is 1030. The van der Waals surface area contributed by atoms with E-state index < -0.39 is 18.1 Å². The Kier molecular flexibility index (Phi) is 8.33. The van der Waals surface area contributed by atoms with Crippen LogP contribution >= 0.6 is 11.8 Å². The van der Waals surface area contributed by atoms with Crippen molar-refractivity contribution in [3.05, 3.63) is 59.7 Å². The summed E-state index contributed by atoms with van der Waals surface area (Å²) in [5, 5.41) is 14.9. The van der Waals surface area contributed by atoms with E-state index in [9.17, 15) is 14.4 Å². The lowest BCUT2D eigenvalue weighted by Crippen LogP contribution is -2.51. The van der Waals surface area contributed by atoms with E-state index in [2.05, 4.69) is 34.9 Å². The fourth-order valence-electron chi connectivity index (χ4n) is 5.27. The van der Waals surface area contributed by atoms with E-state index in [0.29, 0.717) is 12.2 Å². The lowest BCUT2D eigenvalue weighted by atomic mass is 9.98. The summed E-state index contributed by atoms with van der Waals surface area (Å²) in [7, 11) is 0. The van der Waals surface area contributed by atoms with Gasteiger partial charge in [-0.25, -0.2) is 4.79 Å². The van der Waals surface area contributed by atoms with Crippen molar-refractivity contribution in [1.82, 2.24) is 10.6 Å². The Balaban J connectivity index is 1.37. The molecule has 3 N–H and O–H groups in total. The highest BCUT2D eigenvalue weighted by Crippen LogP contribution is 2.44. The molecule has 7 nitrogen and oxygen atoms in total. The molecule has 2 aliphatic rings. The first-order valence-corrected chi connectivity index (χ1v) is 13.5. The second-order valence-corrected chi connectivity index (χ2v) is 10.2. The third-order valence-corrected chi connectivity index (χ3v) is 7.63. The number of carboxylic acids is 1. The molecule has 0 spiro atoms. The SMILES string of the molecule is CSCCC(NC(=O)OCC1c2ccccc2-c2ccccc21)C(=O)NC1CCCC1CC(=O)O. The third kappa shape index (κ3) is 5.99. The Labute approximate surface area is 210 Å². The zero-order chi connectivity index (χ0) is 24.8. The second-order valence-electron chi connectivity index (χ2n) is 9.21. The molecule has 3 unspecified atom stereocenters. The molecular formula is C27H32N2O5S. The zero-order valence-corrected chi connectivity index (χ0v) is 20.7. The van der Waals surface area contributed by atoms with E-state index >= 15 is 0 Å². The molecule has 2 aromatic rings. The quantitative estimate of drug-likeness (QED) is 0.450. The maximum absolute atomic E-state index is 13.0. The van der Waals surface area contributed by atoms with Crippen molar-refractivity contribution >= 4 is 29.7 Å². The molecule has 35 heavy (non-hydrogen) atoms. The number of thioether (sulfide) groups is 1. The van der Waals surface area contributed by atoms with Crippen LogP contribution in [0.25, 0.3) is 11.1 Å². The van der Waals surface area contributed by atoms with Gasteiger partial charge in [-0.2, -0.15) is 11.8 Å². The van der Waals surface area contributed by atoms with Gasteiger partial charge in [0.25, 0.3) is 0 Å².